The van der Waals surface area contributed by atoms with Crippen LogP contribution in [-0.2, 0) is 25.9 Å². The van der Waals surface area contributed by atoms with E-state index in [1.807, 2.05) is 0 Å². The minimum Gasteiger partial charge on any atom is -0.289 e. The molecular formula is C16H11F3O5S2. The third kappa shape index (κ3) is 2.73. The fraction of sp³-hybridized carbons (Fsp3) is 0.188. The molecule has 5 nitrogen and oxygen atoms in total. The average Bonchev–Trinajstić information content (AvgIpc) is 2.77. The predicted octanol–water partition coefficient (Wildman–Crippen LogP) is 2.72. The molecule has 1 aliphatic rings. The van der Waals surface area contributed by atoms with Crippen LogP contribution < -0.4 is 0 Å². The Kier molecular flexibility index (Phi) is 3.86. The first-order chi connectivity index (χ1) is 11.7. The molecule has 0 aromatic heterocycles. The molecule has 2 aromatic carbocycles. The molecular weight excluding hydrogens is 393 g/mol. The summed E-state index contributed by atoms with van der Waals surface area (Å²) < 4.78 is 88.6. The molecule has 138 valence electrons. The molecule has 0 spiro atoms. The maximum absolute atomic E-state index is 13.5. The molecule has 0 fully saturated rings. The van der Waals surface area contributed by atoms with Gasteiger partial charge in [-0.05, 0) is 18.2 Å². The molecule has 0 radical (unpaired) electrons. The van der Waals surface area contributed by atoms with Gasteiger partial charge in [0.1, 0.15) is 0 Å². The molecule has 0 amide bonds. The maximum atomic E-state index is 13.5. The normalized spacial score (nSPS) is 14.3. The standard InChI is InChI=1S/C16H11F3O5S2/c1-25(21,22)10-5-3-4-8-12(10)13-9(16(17,18)19)6-7-11(26(2,23)24)14(13)15(8)20/h3-7H,1-2H3. The topological polar surface area (TPSA) is 85.3 Å². The summed E-state index contributed by atoms with van der Waals surface area (Å²) in [5.41, 5.74) is -3.30. The zero-order chi connectivity index (χ0) is 19.7. The predicted molar refractivity (Wildman–Crippen MR) is 86.5 cm³/mol. The number of alkyl halides is 3. The molecule has 2 aromatic rings. The minimum atomic E-state index is -4.91. The van der Waals surface area contributed by atoms with Crippen LogP contribution in [0.15, 0.2) is 40.1 Å². The van der Waals surface area contributed by atoms with E-state index in [0.29, 0.717) is 6.07 Å². The van der Waals surface area contributed by atoms with Crippen molar-refractivity contribution in [3.63, 3.8) is 0 Å². The van der Waals surface area contributed by atoms with Gasteiger partial charge in [-0.15, -0.1) is 0 Å². The number of hydrogen-bond acceptors (Lipinski definition) is 5. The number of rotatable bonds is 2. The number of hydrogen-bond donors (Lipinski definition) is 0. The Bertz CT molecular complexity index is 1180. The van der Waals surface area contributed by atoms with Gasteiger partial charge in [0, 0.05) is 34.8 Å². The Morgan fingerprint density at radius 1 is 0.769 bits per heavy atom. The van der Waals surface area contributed by atoms with Crippen molar-refractivity contribution in [3.05, 3.63) is 47.0 Å². The second kappa shape index (κ2) is 5.40. The Morgan fingerprint density at radius 3 is 1.81 bits per heavy atom. The molecule has 0 saturated carbocycles. The Labute approximate surface area is 147 Å². The second-order valence-corrected chi connectivity index (χ2v) is 9.88. The van der Waals surface area contributed by atoms with E-state index in [2.05, 4.69) is 0 Å². The van der Waals surface area contributed by atoms with Gasteiger partial charge in [-0.25, -0.2) is 16.8 Å². The minimum absolute atomic E-state index is 0.274. The quantitative estimate of drug-likeness (QED) is 0.656. The molecule has 0 saturated heterocycles. The average molecular weight is 404 g/mol. The van der Waals surface area contributed by atoms with E-state index >= 15 is 0 Å². The van der Waals surface area contributed by atoms with Crippen LogP contribution in [0.1, 0.15) is 21.5 Å². The summed E-state index contributed by atoms with van der Waals surface area (Å²) in [5.74, 6) is -0.952. The number of carbonyl (C=O) groups is 1. The maximum Gasteiger partial charge on any atom is 0.417 e. The van der Waals surface area contributed by atoms with Crippen LogP contribution in [0.2, 0.25) is 0 Å². The van der Waals surface area contributed by atoms with Crippen molar-refractivity contribution in [1.82, 2.24) is 0 Å². The lowest BCUT2D eigenvalue weighted by atomic mass is 9.99. The number of fused-ring (bicyclic) bond motifs is 3. The monoisotopic (exact) mass is 404 g/mol. The lowest BCUT2D eigenvalue weighted by Gasteiger charge is -2.15. The zero-order valence-corrected chi connectivity index (χ0v) is 15.0. The van der Waals surface area contributed by atoms with E-state index in [4.69, 9.17) is 0 Å². The van der Waals surface area contributed by atoms with E-state index in [0.717, 1.165) is 24.6 Å². The highest BCUT2D eigenvalue weighted by Crippen LogP contribution is 2.49. The van der Waals surface area contributed by atoms with Crippen molar-refractivity contribution in [2.24, 2.45) is 0 Å². The van der Waals surface area contributed by atoms with Gasteiger partial charge in [0.05, 0.1) is 15.4 Å². The van der Waals surface area contributed by atoms with E-state index < -0.39 is 63.7 Å². The van der Waals surface area contributed by atoms with Crippen molar-refractivity contribution in [2.45, 2.75) is 16.0 Å². The van der Waals surface area contributed by atoms with E-state index in [9.17, 15) is 34.8 Å². The highest BCUT2D eigenvalue weighted by molar-refractivity contribution is 7.91. The van der Waals surface area contributed by atoms with E-state index in [1.54, 1.807) is 0 Å². The summed E-state index contributed by atoms with van der Waals surface area (Å²) in [4.78, 5) is 11.7. The third-order valence-electron chi connectivity index (χ3n) is 4.02. The van der Waals surface area contributed by atoms with Crippen LogP contribution in [0.3, 0.4) is 0 Å². The second-order valence-electron chi connectivity index (χ2n) is 5.91. The van der Waals surface area contributed by atoms with Crippen LogP contribution in [0.5, 0.6) is 0 Å². The lowest BCUT2D eigenvalue weighted by molar-refractivity contribution is -0.137. The van der Waals surface area contributed by atoms with Gasteiger partial charge in [0.15, 0.2) is 25.5 Å². The SMILES string of the molecule is CS(=O)(=O)c1ccc(C(F)(F)F)c2c1C(=O)c1cccc(S(C)(=O)=O)c1-2. The molecule has 26 heavy (non-hydrogen) atoms. The van der Waals surface area contributed by atoms with Gasteiger partial charge in [-0.3, -0.25) is 4.79 Å². The van der Waals surface area contributed by atoms with Crippen LogP contribution in [0, 0.1) is 0 Å². The number of benzene rings is 2. The number of carbonyl (C=O) groups excluding carboxylic acids is 1. The summed E-state index contributed by atoms with van der Waals surface area (Å²) in [6.45, 7) is 0. The van der Waals surface area contributed by atoms with E-state index in [-0.39, 0.29) is 5.56 Å². The van der Waals surface area contributed by atoms with Gasteiger partial charge in [-0.1, -0.05) is 12.1 Å². The molecule has 0 aliphatic heterocycles. The van der Waals surface area contributed by atoms with Crippen molar-refractivity contribution >= 4 is 25.5 Å². The highest BCUT2D eigenvalue weighted by Gasteiger charge is 2.43. The summed E-state index contributed by atoms with van der Waals surface area (Å²) in [6, 6.07) is 4.77. The van der Waals surface area contributed by atoms with Gasteiger partial charge in [0.25, 0.3) is 0 Å². The summed E-state index contributed by atoms with van der Waals surface area (Å²) in [6.07, 6.45) is -3.34. The lowest BCUT2D eigenvalue weighted by Crippen LogP contribution is -2.12. The summed E-state index contributed by atoms with van der Waals surface area (Å²) in [5, 5.41) is 0. The fourth-order valence-corrected chi connectivity index (χ4v) is 4.83. The van der Waals surface area contributed by atoms with Crippen molar-refractivity contribution < 1.29 is 34.8 Å². The van der Waals surface area contributed by atoms with Crippen LogP contribution in [0.25, 0.3) is 11.1 Å². The smallest absolute Gasteiger partial charge is 0.289 e. The van der Waals surface area contributed by atoms with Crippen LogP contribution >= 0.6 is 0 Å². The molecule has 0 heterocycles. The number of ketones is 1. The van der Waals surface area contributed by atoms with Gasteiger partial charge >= 0.3 is 6.18 Å². The number of halogens is 3. The van der Waals surface area contributed by atoms with Crippen molar-refractivity contribution in [2.75, 3.05) is 12.5 Å². The van der Waals surface area contributed by atoms with Crippen LogP contribution in [0.4, 0.5) is 13.2 Å². The van der Waals surface area contributed by atoms with Gasteiger partial charge < -0.3 is 0 Å². The Balaban J connectivity index is 2.61. The van der Waals surface area contributed by atoms with E-state index in [1.165, 1.54) is 12.1 Å². The van der Waals surface area contributed by atoms with Gasteiger partial charge in [0.2, 0.25) is 0 Å². The molecule has 0 unspecified atom stereocenters. The first-order valence-electron chi connectivity index (χ1n) is 7.07. The Hall–Kier alpha value is -2.20. The molecule has 10 heteroatoms. The Morgan fingerprint density at radius 2 is 1.31 bits per heavy atom. The van der Waals surface area contributed by atoms with Crippen LogP contribution in [-0.4, -0.2) is 35.1 Å². The van der Waals surface area contributed by atoms with Gasteiger partial charge in [-0.2, -0.15) is 13.2 Å². The highest BCUT2D eigenvalue weighted by atomic mass is 32.2. The first kappa shape index (κ1) is 18.6. The third-order valence-corrected chi connectivity index (χ3v) is 6.30. The summed E-state index contributed by atoms with van der Waals surface area (Å²) in [7, 11) is -8.00. The molecule has 3 rings (SSSR count). The molecule has 0 atom stereocenters. The number of sulfone groups is 2. The largest absolute Gasteiger partial charge is 0.417 e. The van der Waals surface area contributed by atoms with Crippen molar-refractivity contribution in [1.29, 1.82) is 0 Å². The fourth-order valence-electron chi connectivity index (χ4n) is 3.04. The summed E-state index contributed by atoms with van der Waals surface area (Å²) >= 11 is 0. The first-order valence-corrected chi connectivity index (χ1v) is 10.9. The molecule has 0 bridgehead atoms. The molecule has 1 aliphatic carbocycles. The zero-order valence-electron chi connectivity index (χ0n) is 13.4. The van der Waals surface area contributed by atoms with Crippen molar-refractivity contribution in [3.8, 4) is 11.1 Å². The molecule has 0 N–H and O–H groups in total.